The Morgan fingerprint density at radius 3 is 3.00 bits per heavy atom. The van der Waals surface area contributed by atoms with Crippen molar-refractivity contribution in [2.75, 3.05) is 11.5 Å². The second-order valence-corrected chi connectivity index (χ2v) is 5.28. The zero-order valence-corrected chi connectivity index (χ0v) is 9.54. The number of nitrogens with two attached hydrogens (primary N) is 2. The summed E-state index contributed by atoms with van der Waals surface area (Å²) in [4.78, 5) is 4.09. The molecule has 2 heterocycles. The van der Waals surface area contributed by atoms with Gasteiger partial charge in [-0.1, -0.05) is 6.42 Å². The van der Waals surface area contributed by atoms with Gasteiger partial charge >= 0.3 is 0 Å². The minimum Gasteiger partial charge on any atom is -0.398 e. The normalized spacial score (nSPS) is 23.7. The highest BCUT2D eigenvalue weighted by Crippen LogP contribution is 2.34. The largest absolute Gasteiger partial charge is 0.398 e. The number of hydrogen-bond donors (Lipinski definition) is 2. The standard InChI is InChI=1S/C11H17N3S/c12-9-4-5-14-7-8(9)11(13)10-3-1-2-6-15-10/h4-5,7,10-11H,1-3,6,13H2,(H2,12,14). The molecule has 0 aromatic carbocycles. The Morgan fingerprint density at radius 2 is 2.33 bits per heavy atom. The second kappa shape index (κ2) is 4.86. The molecule has 1 aliphatic heterocycles. The van der Waals surface area contributed by atoms with Crippen molar-refractivity contribution in [3.8, 4) is 0 Å². The van der Waals surface area contributed by atoms with Crippen LogP contribution >= 0.6 is 11.8 Å². The third-order valence-corrected chi connectivity index (χ3v) is 4.34. The Bertz CT molecular complexity index is 323. The topological polar surface area (TPSA) is 64.9 Å². The first-order chi connectivity index (χ1) is 7.29. The van der Waals surface area contributed by atoms with Crippen LogP contribution in [-0.4, -0.2) is 16.0 Å². The van der Waals surface area contributed by atoms with Crippen LogP contribution in [0.2, 0.25) is 0 Å². The average molecular weight is 223 g/mol. The molecule has 1 fully saturated rings. The lowest BCUT2D eigenvalue weighted by atomic mass is 10.0. The van der Waals surface area contributed by atoms with Gasteiger partial charge in [0, 0.05) is 34.9 Å². The molecule has 4 heteroatoms. The Balaban J connectivity index is 2.12. The van der Waals surface area contributed by atoms with E-state index in [1.807, 2.05) is 17.8 Å². The van der Waals surface area contributed by atoms with Gasteiger partial charge in [0.25, 0.3) is 0 Å². The molecule has 0 aliphatic carbocycles. The summed E-state index contributed by atoms with van der Waals surface area (Å²) in [5, 5.41) is 0.505. The van der Waals surface area contributed by atoms with Crippen molar-refractivity contribution >= 4 is 17.4 Å². The predicted octanol–water partition coefficient (Wildman–Crippen LogP) is 1.95. The van der Waals surface area contributed by atoms with E-state index >= 15 is 0 Å². The lowest BCUT2D eigenvalue weighted by molar-refractivity contribution is 0.582. The van der Waals surface area contributed by atoms with E-state index in [1.54, 1.807) is 12.4 Å². The third-order valence-electron chi connectivity index (χ3n) is 2.86. The summed E-state index contributed by atoms with van der Waals surface area (Å²) in [6, 6.07) is 1.85. The highest BCUT2D eigenvalue weighted by molar-refractivity contribution is 8.00. The van der Waals surface area contributed by atoms with Crippen molar-refractivity contribution in [3.63, 3.8) is 0 Å². The molecule has 1 saturated heterocycles. The molecule has 0 bridgehead atoms. The Morgan fingerprint density at radius 1 is 1.47 bits per heavy atom. The molecule has 0 saturated carbocycles. The molecule has 1 aromatic heterocycles. The number of anilines is 1. The maximum absolute atomic E-state index is 6.23. The smallest absolute Gasteiger partial charge is 0.0451 e. The van der Waals surface area contributed by atoms with E-state index in [4.69, 9.17) is 11.5 Å². The summed E-state index contributed by atoms with van der Waals surface area (Å²) < 4.78 is 0. The van der Waals surface area contributed by atoms with Crippen molar-refractivity contribution < 1.29 is 0 Å². The molecular weight excluding hydrogens is 206 g/mol. The van der Waals surface area contributed by atoms with Crippen molar-refractivity contribution in [2.45, 2.75) is 30.6 Å². The minimum absolute atomic E-state index is 0.0315. The number of aromatic nitrogens is 1. The first kappa shape index (κ1) is 10.8. The maximum atomic E-state index is 6.23. The first-order valence-corrected chi connectivity index (χ1v) is 6.40. The van der Waals surface area contributed by atoms with Gasteiger partial charge in [0.15, 0.2) is 0 Å². The van der Waals surface area contributed by atoms with Crippen LogP contribution in [0.5, 0.6) is 0 Å². The SMILES string of the molecule is Nc1ccncc1C(N)C1CCCCS1. The fourth-order valence-corrected chi connectivity index (χ4v) is 3.31. The lowest BCUT2D eigenvalue weighted by Gasteiger charge is -2.27. The number of rotatable bonds is 2. The van der Waals surface area contributed by atoms with Gasteiger partial charge in [-0.25, -0.2) is 0 Å². The molecule has 0 spiro atoms. The van der Waals surface area contributed by atoms with Crippen LogP contribution in [0.1, 0.15) is 30.9 Å². The highest BCUT2D eigenvalue weighted by atomic mass is 32.2. The van der Waals surface area contributed by atoms with Crippen LogP contribution in [-0.2, 0) is 0 Å². The van der Waals surface area contributed by atoms with Gasteiger partial charge < -0.3 is 11.5 Å². The molecule has 4 N–H and O–H groups in total. The molecule has 82 valence electrons. The molecule has 3 nitrogen and oxygen atoms in total. The third kappa shape index (κ3) is 2.44. The van der Waals surface area contributed by atoms with E-state index in [0.717, 1.165) is 11.3 Å². The van der Waals surface area contributed by atoms with Crippen LogP contribution in [0.15, 0.2) is 18.5 Å². The van der Waals surface area contributed by atoms with E-state index in [0.29, 0.717) is 5.25 Å². The summed E-state index contributed by atoms with van der Waals surface area (Å²) in [6.07, 6.45) is 7.30. The summed E-state index contributed by atoms with van der Waals surface area (Å²) >= 11 is 1.97. The molecule has 0 radical (unpaired) electrons. The molecule has 2 rings (SSSR count). The molecule has 1 aromatic rings. The zero-order chi connectivity index (χ0) is 10.7. The summed E-state index contributed by atoms with van der Waals surface area (Å²) in [6.45, 7) is 0. The molecule has 2 unspecified atom stereocenters. The number of thioether (sulfide) groups is 1. The van der Waals surface area contributed by atoms with Crippen molar-refractivity contribution in [1.29, 1.82) is 0 Å². The molecule has 15 heavy (non-hydrogen) atoms. The van der Waals surface area contributed by atoms with Crippen molar-refractivity contribution in [2.24, 2.45) is 5.73 Å². The van der Waals surface area contributed by atoms with E-state index in [9.17, 15) is 0 Å². The fourth-order valence-electron chi connectivity index (χ4n) is 1.95. The van der Waals surface area contributed by atoms with Crippen LogP contribution < -0.4 is 11.5 Å². The van der Waals surface area contributed by atoms with Crippen molar-refractivity contribution in [3.05, 3.63) is 24.0 Å². The van der Waals surface area contributed by atoms with E-state index < -0.39 is 0 Å². The lowest BCUT2D eigenvalue weighted by Crippen LogP contribution is -2.27. The predicted molar refractivity (Wildman–Crippen MR) is 65.7 cm³/mol. The van der Waals surface area contributed by atoms with Crippen LogP contribution in [0.25, 0.3) is 0 Å². The number of pyridine rings is 1. The first-order valence-electron chi connectivity index (χ1n) is 5.35. The monoisotopic (exact) mass is 223 g/mol. The van der Waals surface area contributed by atoms with Gasteiger partial charge in [0.1, 0.15) is 0 Å². The Labute approximate surface area is 94.6 Å². The minimum atomic E-state index is 0.0315. The Hall–Kier alpha value is -0.740. The van der Waals surface area contributed by atoms with Crippen LogP contribution in [0.4, 0.5) is 5.69 Å². The summed E-state index contributed by atoms with van der Waals surface area (Å²) in [5.41, 5.74) is 13.9. The molecule has 0 amide bonds. The van der Waals surface area contributed by atoms with Gasteiger partial charge in [-0.15, -0.1) is 0 Å². The molecule has 2 atom stereocenters. The van der Waals surface area contributed by atoms with E-state index in [-0.39, 0.29) is 6.04 Å². The Kier molecular flexibility index (Phi) is 3.49. The maximum Gasteiger partial charge on any atom is 0.0451 e. The van der Waals surface area contributed by atoms with E-state index in [2.05, 4.69) is 4.98 Å². The van der Waals surface area contributed by atoms with Crippen LogP contribution in [0, 0.1) is 0 Å². The second-order valence-electron chi connectivity index (χ2n) is 3.94. The van der Waals surface area contributed by atoms with Crippen molar-refractivity contribution in [1.82, 2.24) is 4.98 Å². The van der Waals surface area contributed by atoms with Gasteiger partial charge in [-0.2, -0.15) is 11.8 Å². The summed E-state index contributed by atoms with van der Waals surface area (Å²) in [7, 11) is 0. The van der Waals surface area contributed by atoms with Gasteiger partial charge in [0.2, 0.25) is 0 Å². The molecular formula is C11H17N3S. The van der Waals surface area contributed by atoms with E-state index in [1.165, 1.54) is 25.0 Å². The number of nitrogen functional groups attached to an aromatic ring is 1. The average Bonchev–Trinajstić information content (AvgIpc) is 2.30. The van der Waals surface area contributed by atoms with Gasteiger partial charge in [-0.3, -0.25) is 4.98 Å². The summed E-state index contributed by atoms with van der Waals surface area (Å²) in [5.74, 6) is 1.22. The molecule has 1 aliphatic rings. The van der Waals surface area contributed by atoms with Gasteiger partial charge in [-0.05, 0) is 24.7 Å². The van der Waals surface area contributed by atoms with Gasteiger partial charge in [0.05, 0.1) is 0 Å². The highest BCUT2D eigenvalue weighted by Gasteiger charge is 2.23. The number of hydrogen-bond acceptors (Lipinski definition) is 4. The number of nitrogens with zero attached hydrogens (tertiary/aromatic N) is 1. The zero-order valence-electron chi connectivity index (χ0n) is 8.73. The fraction of sp³-hybridized carbons (Fsp3) is 0.545. The quantitative estimate of drug-likeness (QED) is 0.804. The van der Waals surface area contributed by atoms with Crippen LogP contribution in [0.3, 0.4) is 0 Å².